The van der Waals surface area contributed by atoms with Crippen LogP contribution < -0.4 is 4.90 Å². The Kier molecular flexibility index (Phi) is 4.49. The maximum Gasteiger partial charge on any atom is 0.227 e. The Labute approximate surface area is 134 Å². The number of nitrogens with zero attached hydrogens (tertiary/aromatic N) is 2. The molecule has 0 radical (unpaired) electrons. The third kappa shape index (κ3) is 3.17. The van der Waals surface area contributed by atoms with Gasteiger partial charge in [-0.15, -0.1) is 11.3 Å². The molecule has 0 saturated heterocycles. The first-order chi connectivity index (χ1) is 10.8. The molecule has 1 amide bonds. The van der Waals surface area contributed by atoms with Crippen LogP contribution in [0.4, 0.5) is 5.69 Å². The van der Waals surface area contributed by atoms with Crippen LogP contribution in [0.15, 0.2) is 54.6 Å². The minimum absolute atomic E-state index is 0.146. The van der Waals surface area contributed by atoms with E-state index in [1.807, 2.05) is 60.4 Å². The number of carbonyl (C=O) groups excluding carboxylic acids is 1. The zero-order valence-corrected chi connectivity index (χ0v) is 13.3. The fraction of sp³-hybridized carbons (Fsp3) is 0.222. The molecule has 3 nitrogen and oxygen atoms in total. The highest BCUT2D eigenvalue weighted by Crippen LogP contribution is 2.23. The van der Waals surface area contributed by atoms with E-state index in [0.717, 1.165) is 16.2 Å². The summed E-state index contributed by atoms with van der Waals surface area (Å²) in [5, 5.41) is 1.03. The maximum absolute atomic E-state index is 12.5. The number of para-hydroxylation sites is 2. The lowest BCUT2D eigenvalue weighted by Crippen LogP contribution is -2.30. The monoisotopic (exact) mass is 310 g/mol. The molecule has 0 aliphatic rings. The third-order valence-corrected chi connectivity index (χ3v) is 4.67. The van der Waals surface area contributed by atoms with Crippen molar-refractivity contribution >= 4 is 33.1 Å². The van der Waals surface area contributed by atoms with E-state index in [1.165, 1.54) is 4.70 Å². The summed E-state index contributed by atoms with van der Waals surface area (Å²) in [6, 6.07) is 17.9. The molecule has 0 unspecified atom stereocenters. The van der Waals surface area contributed by atoms with Gasteiger partial charge in [0, 0.05) is 25.1 Å². The lowest BCUT2D eigenvalue weighted by molar-refractivity contribution is -0.118. The molecule has 3 aromatic rings. The minimum Gasteiger partial charge on any atom is -0.313 e. The molecule has 0 N–H and O–H groups in total. The van der Waals surface area contributed by atoms with Gasteiger partial charge in [-0.1, -0.05) is 30.3 Å². The lowest BCUT2D eigenvalue weighted by atomic mass is 10.2. The van der Waals surface area contributed by atoms with E-state index in [4.69, 9.17) is 0 Å². The van der Waals surface area contributed by atoms with Crippen LogP contribution in [0, 0.1) is 0 Å². The fourth-order valence-corrected chi connectivity index (χ4v) is 3.45. The number of fused-ring (bicyclic) bond motifs is 1. The second kappa shape index (κ2) is 6.71. The van der Waals surface area contributed by atoms with Crippen LogP contribution >= 0.6 is 11.3 Å². The Morgan fingerprint density at radius 2 is 1.82 bits per heavy atom. The first-order valence-electron chi connectivity index (χ1n) is 7.48. The molecule has 0 bridgehead atoms. The molecule has 1 heterocycles. The number of hydrogen-bond donors (Lipinski definition) is 0. The van der Waals surface area contributed by atoms with Gasteiger partial charge in [-0.05, 0) is 31.2 Å². The molecule has 0 spiro atoms. The fourth-order valence-electron chi connectivity index (χ4n) is 2.49. The smallest absolute Gasteiger partial charge is 0.227 e. The number of aromatic nitrogens is 1. The molecule has 4 heteroatoms. The van der Waals surface area contributed by atoms with Crippen LogP contribution in [0.2, 0.25) is 0 Å². The van der Waals surface area contributed by atoms with Gasteiger partial charge >= 0.3 is 0 Å². The second-order valence-corrected chi connectivity index (χ2v) is 6.16. The number of hydrogen-bond acceptors (Lipinski definition) is 3. The van der Waals surface area contributed by atoms with Crippen molar-refractivity contribution in [1.82, 2.24) is 4.98 Å². The van der Waals surface area contributed by atoms with Gasteiger partial charge in [-0.2, -0.15) is 0 Å². The number of amides is 1. The average molecular weight is 310 g/mol. The highest BCUT2D eigenvalue weighted by molar-refractivity contribution is 7.18. The summed E-state index contributed by atoms with van der Waals surface area (Å²) >= 11 is 1.67. The van der Waals surface area contributed by atoms with Crippen LogP contribution in [-0.4, -0.2) is 17.4 Å². The van der Waals surface area contributed by atoms with Crippen molar-refractivity contribution in [1.29, 1.82) is 0 Å². The highest BCUT2D eigenvalue weighted by Gasteiger charge is 2.14. The summed E-state index contributed by atoms with van der Waals surface area (Å²) in [6.07, 6.45) is 1.18. The van der Waals surface area contributed by atoms with Crippen molar-refractivity contribution in [3.63, 3.8) is 0 Å². The zero-order chi connectivity index (χ0) is 15.4. The predicted octanol–water partition coefficient (Wildman–Crippen LogP) is 4.28. The van der Waals surface area contributed by atoms with Crippen molar-refractivity contribution in [2.75, 3.05) is 11.4 Å². The molecule has 0 aliphatic carbocycles. The van der Waals surface area contributed by atoms with E-state index >= 15 is 0 Å². The molecule has 22 heavy (non-hydrogen) atoms. The Bertz CT molecular complexity index is 734. The van der Waals surface area contributed by atoms with Crippen molar-refractivity contribution in [2.45, 2.75) is 19.8 Å². The molecule has 0 fully saturated rings. The highest BCUT2D eigenvalue weighted by atomic mass is 32.1. The maximum atomic E-state index is 12.5. The van der Waals surface area contributed by atoms with Crippen LogP contribution in [0.5, 0.6) is 0 Å². The molecule has 0 saturated carbocycles. The van der Waals surface area contributed by atoms with E-state index in [0.29, 0.717) is 19.4 Å². The van der Waals surface area contributed by atoms with Gasteiger partial charge in [0.05, 0.1) is 15.2 Å². The van der Waals surface area contributed by atoms with Gasteiger partial charge in [0.15, 0.2) is 0 Å². The number of rotatable bonds is 5. The van der Waals surface area contributed by atoms with Gasteiger partial charge in [-0.3, -0.25) is 4.79 Å². The number of benzene rings is 2. The Hall–Kier alpha value is -2.20. The number of anilines is 1. The van der Waals surface area contributed by atoms with Crippen molar-refractivity contribution in [3.8, 4) is 0 Å². The van der Waals surface area contributed by atoms with Crippen LogP contribution in [-0.2, 0) is 11.2 Å². The first-order valence-corrected chi connectivity index (χ1v) is 8.29. The molecule has 2 aromatic carbocycles. The first kappa shape index (κ1) is 14.7. The molecule has 3 rings (SSSR count). The standard InChI is InChI=1S/C18H18N2OS/c1-2-20(14-8-4-3-5-9-14)18(21)13-12-17-19-15-10-6-7-11-16(15)22-17/h3-11H,2,12-13H2,1H3. The second-order valence-electron chi connectivity index (χ2n) is 5.05. The molecule has 1 aromatic heterocycles. The van der Waals surface area contributed by atoms with E-state index in [9.17, 15) is 4.79 Å². The Balaban J connectivity index is 1.68. The van der Waals surface area contributed by atoms with Gasteiger partial charge in [-0.25, -0.2) is 4.98 Å². The average Bonchev–Trinajstić information content (AvgIpc) is 2.97. The molecular weight excluding hydrogens is 292 g/mol. The van der Waals surface area contributed by atoms with Gasteiger partial charge in [0.1, 0.15) is 0 Å². The lowest BCUT2D eigenvalue weighted by Gasteiger charge is -2.20. The van der Waals surface area contributed by atoms with Gasteiger partial charge < -0.3 is 4.90 Å². The van der Waals surface area contributed by atoms with E-state index in [1.54, 1.807) is 11.3 Å². The molecule has 0 aliphatic heterocycles. The third-order valence-electron chi connectivity index (χ3n) is 3.58. The summed E-state index contributed by atoms with van der Waals surface area (Å²) in [6.45, 7) is 2.69. The molecule has 0 atom stereocenters. The number of carbonyl (C=O) groups is 1. The Morgan fingerprint density at radius 1 is 1.09 bits per heavy atom. The summed E-state index contributed by atoms with van der Waals surface area (Å²) < 4.78 is 1.18. The topological polar surface area (TPSA) is 33.2 Å². The predicted molar refractivity (Wildman–Crippen MR) is 92.4 cm³/mol. The summed E-state index contributed by atoms with van der Waals surface area (Å²) in [4.78, 5) is 18.9. The largest absolute Gasteiger partial charge is 0.313 e. The van der Waals surface area contributed by atoms with Crippen molar-refractivity contribution in [3.05, 3.63) is 59.6 Å². The normalized spacial score (nSPS) is 10.8. The van der Waals surface area contributed by atoms with Crippen molar-refractivity contribution < 1.29 is 4.79 Å². The summed E-state index contributed by atoms with van der Waals surface area (Å²) in [5.74, 6) is 0.146. The van der Waals surface area contributed by atoms with E-state index in [-0.39, 0.29) is 5.91 Å². The molecule has 112 valence electrons. The number of thiazole rings is 1. The molecular formula is C18H18N2OS. The van der Waals surface area contributed by atoms with Crippen LogP contribution in [0.1, 0.15) is 18.4 Å². The van der Waals surface area contributed by atoms with E-state index < -0.39 is 0 Å². The van der Waals surface area contributed by atoms with Gasteiger partial charge in [0.2, 0.25) is 5.91 Å². The van der Waals surface area contributed by atoms with E-state index in [2.05, 4.69) is 11.1 Å². The zero-order valence-electron chi connectivity index (χ0n) is 12.5. The van der Waals surface area contributed by atoms with Gasteiger partial charge in [0.25, 0.3) is 0 Å². The summed E-state index contributed by atoms with van der Waals surface area (Å²) in [7, 11) is 0. The summed E-state index contributed by atoms with van der Waals surface area (Å²) in [5.41, 5.74) is 1.98. The SMILES string of the molecule is CCN(C(=O)CCc1nc2ccccc2s1)c1ccccc1. The van der Waals surface area contributed by atoms with Crippen molar-refractivity contribution in [2.24, 2.45) is 0 Å². The Morgan fingerprint density at radius 3 is 2.55 bits per heavy atom. The van der Waals surface area contributed by atoms with Crippen LogP contribution in [0.3, 0.4) is 0 Å². The van der Waals surface area contributed by atoms with Crippen LogP contribution in [0.25, 0.3) is 10.2 Å². The number of aryl methyl sites for hydroxylation is 1. The minimum atomic E-state index is 0.146. The quantitative estimate of drug-likeness (QED) is 0.704.